The molecule has 2 heterocycles. The van der Waals surface area contributed by atoms with Crippen LogP contribution < -0.4 is 0 Å². The van der Waals surface area contributed by atoms with Crippen molar-refractivity contribution < 1.29 is 0 Å². The molecule has 5 heteroatoms. The van der Waals surface area contributed by atoms with Crippen molar-refractivity contribution in [3.05, 3.63) is 20.8 Å². The third kappa shape index (κ3) is 1.91. The van der Waals surface area contributed by atoms with Crippen LogP contribution in [0.3, 0.4) is 0 Å². The maximum atomic E-state index is 4.57. The number of pyridine rings is 1. The summed E-state index contributed by atoms with van der Waals surface area (Å²) in [5, 5.41) is 4.57. The van der Waals surface area contributed by atoms with Crippen LogP contribution in [0.15, 0.2) is 15.1 Å². The van der Waals surface area contributed by atoms with Crippen molar-refractivity contribution in [2.24, 2.45) is 0 Å². The van der Waals surface area contributed by atoms with Crippen LogP contribution in [0.25, 0.3) is 11.0 Å². The van der Waals surface area contributed by atoms with E-state index in [1.54, 1.807) is 0 Å². The van der Waals surface area contributed by atoms with E-state index in [1.165, 1.54) is 0 Å². The quantitative estimate of drug-likeness (QED) is 0.761. The summed E-state index contributed by atoms with van der Waals surface area (Å²) >= 11 is 6.98. The van der Waals surface area contributed by atoms with Crippen LogP contribution in [0.2, 0.25) is 0 Å². The van der Waals surface area contributed by atoms with Gasteiger partial charge in [-0.1, -0.05) is 6.92 Å². The molecule has 0 amide bonds. The minimum Gasteiger partial charge on any atom is -0.259 e. The zero-order chi connectivity index (χ0) is 11.9. The van der Waals surface area contributed by atoms with Gasteiger partial charge in [0.1, 0.15) is 15.6 Å². The topological polar surface area (TPSA) is 30.7 Å². The highest BCUT2D eigenvalue weighted by Crippen LogP contribution is 2.30. The Morgan fingerprint density at radius 2 is 2.12 bits per heavy atom. The maximum absolute atomic E-state index is 4.57. The molecular weight excluding hydrogens is 334 g/mol. The molecule has 2 aromatic rings. The van der Waals surface area contributed by atoms with E-state index in [0.29, 0.717) is 6.04 Å². The molecular formula is C11H13Br2N3. The van der Waals surface area contributed by atoms with Crippen molar-refractivity contribution in [3.63, 3.8) is 0 Å². The molecule has 0 N–H and O–H groups in total. The summed E-state index contributed by atoms with van der Waals surface area (Å²) in [5.41, 5.74) is 3.01. The number of hydrogen-bond acceptors (Lipinski definition) is 2. The Morgan fingerprint density at radius 3 is 2.75 bits per heavy atom. The lowest BCUT2D eigenvalue weighted by atomic mass is 10.2. The molecule has 0 aliphatic carbocycles. The summed E-state index contributed by atoms with van der Waals surface area (Å²) in [4.78, 5) is 4.48. The second-order valence-corrected chi connectivity index (χ2v) is 5.58. The molecule has 2 aromatic heterocycles. The Labute approximate surface area is 111 Å². The monoisotopic (exact) mass is 345 g/mol. The maximum Gasteiger partial charge on any atom is 0.114 e. The fraction of sp³-hybridized carbons (Fsp3) is 0.455. The minimum absolute atomic E-state index is 0.385. The van der Waals surface area contributed by atoms with E-state index in [1.807, 2.05) is 17.7 Å². The van der Waals surface area contributed by atoms with Gasteiger partial charge in [-0.2, -0.15) is 5.10 Å². The largest absolute Gasteiger partial charge is 0.259 e. The van der Waals surface area contributed by atoms with Gasteiger partial charge in [-0.15, -0.1) is 0 Å². The minimum atomic E-state index is 0.385. The molecule has 0 saturated carbocycles. The lowest BCUT2D eigenvalue weighted by Crippen LogP contribution is -2.06. The first-order valence-electron chi connectivity index (χ1n) is 5.25. The second-order valence-electron chi connectivity index (χ2n) is 3.91. The number of halogens is 2. The van der Waals surface area contributed by atoms with Crippen molar-refractivity contribution in [3.8, 4) is 0 Å². The molecule has 0 spiro atoms. The molecule has 0 unspecified atom stereocenters. The van der Waals surface area contributed by atoms with Crippen LogP contribution in [-0.2, 0) is 0 Å². The summed E-state index contributed by atoms with van der Waals surface area (Å²) in [5.74, 6) is 0. The molecule has 0 radical (unpaired) electrons. The Kier molecular flexibility index (Phi) is 3.35. The number of nitrogens with zero attached hydrogens (tertiary/aromatic N) is 3. The van der Waals surface area contributed by atoms with Gasteiger partial charge in [-0.05, 0) is 58.2 Å². The molecule has 3 nitrogen and oxygen atoms in total. The molecule has 16 heavy (non-hydrogen) atoms. The number of aryl methyl sites for hydroxylation is 1. The van der Waals surface area contributed by atoms with E-state index < -0.39 is 0 Å². The van der Waals surface area contributed by atoms with E-state index in [-0.39, 0.29) is 0 Å². The van der Waals surface area contributed by atoms with E-state index in [0.717, 1.165) is 32.2 Å². The van der Waals surface area contributed by atoms with E-state index in [9.17, 15) is 0 Å². The molecule has 0 saturated heterocycles. The number of hydrogen-bond donors (Lipinski definition) is 0. The third-order valence-electron chi connectivity index (χ3n) is 2.75. The molecule has 0 fully saturated rings. The standard InChI is InChI=1S/C11H13Br2N3/c1-4-6(2)16-11-8(12)5-9(13)14-10(11)7(3)15-16/h5-6H,4H2,1-3H3/t6-/m0/s1. The lowest BCUT2D eigenvalue weighted by Gasteiger charge is -2.11. The average Bonchev–Trinajstić information content (AvgIpc) is 2.55. The van der Waals surface area contributed by atoms with Crippen molar-refractivity contribution >= 4 is 42.9 Å². The molecule has 86 valence electrons. The highest BCUT2D eigenvalue weighted by Gasteiger charge is 2.15. The predicted octanol–water partition coefficient (Wildman–Crippen LogP) is 4.24. The predicted molar refractivity (Wildman–Crippen MR) is 72.7 cm³/mol. The second kappa shape index (κ2) is 4.45. The number of aromatic nitrogens is 3. The summed E-state index contributed by atoms with van der Waals surface area (Å²) in [6.45, 7) is 6.32. The summed E-state index contributed by atoms with van der Waals surface area (Å²) < 4.78 is 3.91. The molecule has 1 atom stereocenters. The van der Waals surface area contributed by atoms with E-state index in [4.69, 9.17) is 0 Å². The molecule has 0 aliphatic rings. The van der Waals surface area contributed by atoms with Crippen LogP contribution in [0.1, 0.15) is 32.0 Å². The first-order valence-corrected chi connectivity index (χ1v) is 6.84. The highest BCUT2D eigenvalue weighted by atomic mass is 79.9. The van der Waals surface area contributed by atoms with E-state index >= 15 is 0 Å². The van der Waals surface area contributed by atoms with Gasteiger partial charge in [0.15, 0.2) is 0 Å². The SMILES string of the molecule is CC[C@H](C)n1nc(C)c2nc(Br)cc(Br)c21. The first-order chi connectivity index (χ1) is 7.54. The van der Waals surface area contributed by atoms with Gasteiger partial charge >= 0.3 is 0 Å². The molecule has 0 aromatic carbocycles. The highest BCUT2D eigenvalue weighted by molar-refractivity contribution is 9.11. The van der Waals surface area contributed by atoms with Crippen LogP contribution >= 0.6 is 31.9 Å². The Morgan fingerprint density at radius 1 is 1.44 bits per heavy atom. The van der Waals surface area contributed by atoms with Gasteiger partial charge in [0, 0.05) is 10.5 Å². The van der Waals surface area contributed by atoms with Crippen molar-refractivity contribution in [2.45, 2.75) is 33.2 Å². The average molecular weight is 347 g/mol. The zero-order valence-electron chi connectivity index (χ0n) is 9.46. The Balaban J connectivity index is 2.78. The number of rotatable bonds is 2. The van der Waals surface area contributed by atoms with Crippen LogP contribution in [0.4, 0.5) is 0 Å². The molecule has 0 aliphatic heterocycles. The zero-order valence-corrected chi connectivity index (χ0v) is 12.6. The van der Waals surface area contributed by atoms with Crippen molar-refractivity contribution in [2.75, 3.05) is 0 Å². The van der Waals surface area contributed by atoms with Gasteiger partial charge in [0.05, 0.1) is 5.69 Å². The van der Waals surface area contributed by atoms with Gasteiger partial charge in [-0.3, -0.25) is 4.68 Å². The lowest BCUT2D eigenvalue weighted by molar-refractivity contribution is 0.490. The Hall–Kier alpha value is -0.420. The van der Waals surface area contributed by atoms with Gasteiger partial charge < -0.3 is 0 Å². The summed E-state index contributed by atoms with van der Waals surface area (Å²) in [7, 11) is 0. The van der Waals surface area contributed by atoms with E-state index in [2.05, 4.69) is 55.8 Å². The molecule has 2 rings (SSSR count). The fourth-order valence-corrected chi connectivity index (χ4v) is 3.00. The molecule has 0 bridgehead atoms. The van der Waals surface area contributed by atoms with Crippen LogP contribution in [0.5, 0.6) is 0 Å². The number of fused-ring (bicyclic) bond motifs is 1. The summed E-state index contributed by atoms with van der Waals surface area (Å²) in [6.07, 6.45) is 1.05. The van der Waals surface area contributed by atoms with Crippen molar-refractivity contribution in [1.82, 2.24) is 14.8 Å². The third-order valence-corrected chi connectivity index (χ3v) is 3.76. The van der Waals surface area contributed by atoms with Gasteiger partial charge in [0.25, 0.3) is 0 Å². The van der Waals surface area contributed by atoms with Gasteiger partial charge in [0.2, 0.25) is 0 Å². The van der Waals surface area contributed by atoms with Crippen LogP contribution in [0, 0.1) is 6.92 Å². The Bertz CT molecular complexity index is 533. The summed E-state index contributed by atoms with van der Waals surface area (Å²) in [6, 6.07) is 2.35. The first kappa shape index (κ1) is 12.0. The van der Waals surface area contributed by atoms with Crippen molar-refractivity contribution in [1.29, 1.82) is 0 Å². The normalized spacial score (nSPS) is 13.3. The smallest absolute Gasteiger partial charge is 0.114 e. The fourth-order valence-electron chi connectivity index (χ4n) is 1.70. The van der Waals surface area contributed by atoms with Gasteiger partial charge in [-0.25, -0.2) is 4.98 Å². The van der Waals surface area contributed by atoms with Crippen LogP contribution in [-0.4, -0.2) is 14.8 Å².